The molecule has 0 bridgehead atoms. The van der Waals surface area contributed by atoms with Gasteiger partial charge in [-0.2, -0.15) is 4.99 Å². The van der Waals surface area contributed by atoms with E-state index in [1.807, 2.05) is 67.6 Å². The Morgan fingerprint density at radius 1 is 1.04 bits per heavy atom. The van der Waals surface area contributed by atoms with Gasteiger partial charge in [-0.1, -0.05) is 110 Å². The fourth-order valence-electron chi connectivity index (χ4n) is 4.78. The minimum atomic E-state index is -0.714. The minimum Gasteiger partial charge on any atom is -0.490 e. The molecule has 3 amide bonds. The zero-order valence-corrected chi connectivity index (χ0v) is 29.7. The predicted molar refractivity (Wildman–Crippen MR) is 202 cm³/mol. The van der Waals surface area contributed by atoms with Crippen LogP contribution >= 0.6 is 34.4 Å². The normalized spacial score (nSPS) is 14.3. The van der Waals surface area contributed by atoms with E-state index < -0.39 is 11.8 Å². The van der Waals surface area contributed by atoms with Gasteiger partial charge in [-0.15, -0.1) is 0 Å². The summed E-state index contributed by atoms with van der Waals surface area (Å²) >= 11 is 3.13. The van der Waals surface area contributed by atoms with E-state index in [4.69, 9.17) is 9.47 Å². The molecule has 246 valence electrons. The Hall–Kier alpha value is -4.68. The van der Waals surface area contributed by atoms with Gasteiger partial charge in [-0.3, -0.25) is 19.3 Å². The molecule has 48 heavy (non-hydrogen) atoms. The van der Waals surface area contributed by atoms with E-state index in [2.05, 4.69) is 46.1 Å². The molecule has 0 atom stereocenters. The molecular formula is C38H36IN3O5S. The number of hydrogen-bond donors (Lipinski definition) is 1. The van der Waals surface area contributed by atoms with Gasteiger partial charge in [0.2, 0.25) is 5.91 Å². The smallest absolute Gasteiger partial charge is 0.285 e. The number of thioether (sulfide) groups is 1. The monoisotopic (exact) mass is 773 g/mol. The van der Waals surface area contributed by atoms with Crippen LogP contribution in [0.2, 0.25) is 0 Å². The van der Waals surface area contributed by atoms with E-state index >= 15 is 0 Å². The molecule has 1 aliphatic rings. The van der Waals surface area contributed by atoms with E-state index in [1.54, 1.807) is 49.4 Å². The molecule has 0 radical (unpaired) electrons. The number of aliphatic imine (C=N–C) groups is 1. The van der Waals surface area contributed by atoms with Crippen molar-refractivity contribution in [3.63, 3.8) is 0 Å². The van der Waals surface area contributed by atoms with Crippen LogP contribution in [0, 0.1) is 3.57 Å². The molecule has 3 aromatic carbocycles. The highest BCUT2D eigenvalue weighted by Crippen LogP contribution is 2.36. The van der Waals surface area contributed by atoms with Gasteiger partial charge in [-0.05, 0) is 77.4 Å². The SMILES string of the molecule is C=C/C=C\C(=C/C)N1C(=O)/C(=C/c2cc(I)c(OCC=C)c(OCC)c2)C(=O)N=C1SCC(=O)NC(c1ccccc1)c1ccccc1. The van der Waals surface area contributed by atoms with Gasteiger partial charge < -0.3 is 14.8 Å². The maximum absolute atomic E-state index is 14.1. The molecule has 0 aromatic heterocycles. The van der Waals surface area contributed by atoms with Gasteiger partial charge in [0.1, 0.15) is 12.2 Å². The number of rotatable bonds is 14. The summed E-state index contributed by atoms with van der Waals surface area (Å²) in [6.07, 6.45) is 9.81. The zero-order valence-electron chi connectivity index (χ0n) is 26.7. The van der Waals surface area contributed by atoms with Crippen molar-refractivity contribution in [1.82, 2.24) is 10.2 Å². The number of carbonyl (C=O) groups is 3. The quantitative estimate of drug-likeness (QED) is 0.0595. The van der Waals surface area contributed by atoms with Crippen molar-refractivity contribution in [2.75, 3.05) is 19.0 Å². The molecule has 4 rings (SSSR count). The zero-order chi connectivity index (χ0) is 34.5. The third-order valence-corrected chi connectivity index (χ3v) is 8.64. The van der Waals surface area contributed by atoms with E-state index in [1.165, 1.54) is 11.0 Å². The van der Waals surface area contributed by atoms with E-state index in [9.17, 15) is 14.4 Å². The number of amidine groups is 1. The number of carbonyl (C=O) groups excluding carboxylic acids is 3. The molecule has 1 heterocycles. The van der Waals surface area contributed by atoms with Crippen LogP contribution in [0.5, 0.6) is 11.5 Å². The maximum Gasteiger partial charge on any atom is 0.285 e. The van der Waals surface area contributed by atoms with Crippen LogP contribution in [0.1, 0.15) is 36.6 Å². The van der Waals surface area contributed by atoms with Gasteiger partial charge in [-0.25, -0.2) is 0 Å². The van der Waals surface area contributed by atoms with Crippen molar-refractivity contribution in [3.8, 4) is 11.5 Å². The average molecular weight is 774 g/mol. The lowest BCUT2D eigenvalue weighted by Gasteiger charge is -2.28. The molecule has 0 saturated carbocycles. The van der Waals surface area contributed by atoms with Crippen molar-refractivity contribution in [1.29, 1.82) is 0 Å². The molecule has 0 unspecified atom stereocenters. The molecule has 0 spiro atoms. The molecule has 0 aliphatic carbocycles. The number of nitrogens with zero attached hydrogens (tertiary/aromatic N) is 2. The molecule has 8 nitrogen and oxygen atoms in total. The lowest BCUT2D eigenvalue weighted by atomic mass is 9.99. The Morgan fingerprint density at radius 3 is 2.29 bits per heavy atom. The first-order valence-corrected chi connectivity index (χ1v) is 17.2. The van der Waals surface area contributed by atoms with Gasteiger partial charge in [0, 0.05) is 5.70 Å². The standard InChI is InChI=1S/C38H36IN3O5S/c1-5-9-20-29(7-3)42-37(45)30(22-26-23-31(39)35(47-21-6-2)32(24-26)46-8-4)36(44)41-38(42)48-25-33(43)40-34(27-16-12-10-13-17-27)28-18-14-11-15-19-28/h5-7,9-20,22-24,34H,1-2,8,21,25H2,3-4H3,(H,40,43)/b20-9-,29-7+,30-22+. The number of ether oxygens (including phenoxy) is 2. The van der Waals surface area contributed by atoms with Crippen molar-refractivity contribution in [3.05, 3.63) is 148 Å². The van der Waals surface area contributed by atoms with Gasteiger partial charge >= 0.3 is 0 Å². The van der Waals surface area contributed by atoms with Crippen LogP contribution in [0.4, 0.5) is 0 Å². The second-order valence-electron chi connectivity index (χ2n) is 10.2. The van der Waals surface area contributed by atoms with Crippen LogP contribution in [0.3, 0.4) is 0 Å². The van der Waals surface area contributed by atoms with E-state index in [0.717, 1.165) is 26.5 Å². The number of halogens is 1. The lowest BCUT2D eigenvalue weighted by molar-refractivity contribution is -0.126. The lowest BCUT2D eigenvalue weighted by Crippen LogP contribution is -2.42. The third-order valence-electron chi connectivity index (χ3n) is 6.90. The second kappa shape index (κ2) is 18.0. The second-order valence-corrected chi connectivity index (χ2v) is 12.3. The highest BCUT2D eigenvalue weighted by atomic mass is 127. The number of hydrogen-bond acceptors (Lipinski definition) is 6. The largest absolute Gasteiger partial charge is 0.490 e. The highest BCUT2D eigenvalue weighted by Gasteiger charge is 2.35. The first kappa shape index (κ1) is 36.2. The van der Waals surface area contributed by atoms with E-state index in [0.29, 0.717) is 36.0 Å². The Labute approximate surface area is 299 Å². The van der Waals surface area contributed by atoms with Crippen LogP contribution in [0.15, 0.2) is 133 Å². The summed E-state index contributed by atoms with van der Waals surface area (Å²) in [5, 5.41) is 3.19. The van der Waals surface area contributed by atoms with Crippen LogP contribution < -0.4 is 14.8 Å². The molecule has 3 aromatic rings. The Kier molecular flexibility index (Phi) is 13.6. The topological polar surface area (TPSA) is 97.3 Å². The van der Waals surface area contributed by atoms with Crippen LogP contribution in [-0.4, -0.2) is 46.8 Å². The van der Waals surface area contributed by atoms with Crippen molar-refractivity contribution in [2.24, 2.45) is 4.99 Å². The Morgan fingerprint density at radius 2 is 1.71 bits per heavy atom. The summed E-state index contributed by atoms with van der Waals surface area (Å²) < 4.78 is 12.3. The average Bonchev–Trinajstić information content (AvgIpc) is 3.09. The summed E-state index contributed by atoms with van der Waals surface area (Å²) in [4.78, 5) is 46.6. The molecule has 0 saturated heterocycles. The van der Waals surface area contributed by atoms with Crippen molar-refractivity contribution < 1.29 is 23.9 Å². The summed E-state index contributed by atoms with van der Waals surface area (Å²) in [7, 11) is 0. The minimum absolute atomic E-state index is 0.0879. The summed E-state index contributed by atoms with van der Waals surface area (Å²) in [5.74, 6) is -0.648. The highest BCUT2D eigenvalue weighted by molar-refractivity contribution is 14.1. The number of amides is 3. The summed E-state index contributed by atoms with van der Waals surface area (Å²) in [6.45, 7) is 11.7. The number of nitrogens with one attached hydrogen (secondary N) is 1. The van der Waals surface area contributed by atoms with Crippen molar-refractivity contribution >= 4 is 63.3 Å². The van der Waals surface area contributed by atoms with Crippen LogP contribution in [0.25, 0.3) is 6.08 Å². The molecular weight excluding hydrogens is 737 g/mol. The fraction of sp³-hybridized carbons (Fsp3) is 0.158. The summed E-state index contributed by atoms with van der Waals surface area (Å²) in [5.41, 5.74) is 2.74. The van der Waals surface area contributed by atoms with Gasteiger partial charge in [0.05, 0.1) is 22.0 Å². The predicted octanol–water partition coefficient (Wildman–Crippen LogP) is 7.65. The first-order valence-electron chi connectivity index (χ1n) is 15.2. The molecule has 10 heteroatoms. The Balaban J connectivity index is 1.65. The Bertz CT molecular complexity index is 1740. The van der Waals surface area contributed by atoms with Crippen LogP contribution in [-0.2, 0) is 14.4 Å². The summed E-state index contributed by atoms with van der Waals surface area (Å²) in [6, 6.07) is 22.4. The van der Waals surface area contributed by atoms with Gasteiger partial charge in [0.25, 0.3) is 11.8 Å². The maximum atomic E-state index is 14.1. The number of allylic oxidation sites excluding steroid dienone is 4. The molecule has 1 N–H and O–H groups in total. The fourth-order valence-corrected chi connectivity index (χ4v) is 6.37. The first-order chi connectivity index (χ1) is 23.3. The van der Waals surface area contributed by atoms with Crippen molar-refractivity contribution in [2.45, 2.75) is 19.9 Å². The number of benzene rings is 3. The van der Waals surface area contributed by atoms with E-state index in [-0.39, 0.29) is 28.4 Å². The third kappa shape index (κ3) is 9.23. The molecule has 0 fully saturated rings. The molecule has 1 aliphatic heterocycles. The van der Waals surface area contributed by atoms with Gasteiger partial charge in [0.15, 0.2) is 16.7 Å².